The Labute approximate surface area is 147 Å². The lowest BCUT2D eigenvalue weighted by molar-refractivity contribution is -0.123. The first kappa shape index (κ1) is 16.2. The number of hydrogen-bond donors (Lipinski definition) is 1. The standard InChI is InChI=1S/C18H24N6O/c1-12-5-20-14(6-19-12)7-21-18(25)15-9-24(8-13-3-4-13)10-16-17(15)23(2)11-22-16/h5-6,11,13,15H,3-4,7-10H2,1-2H3,(H,21,25)/t15-/m0/s1. The van der Waals surface area contributed by atoms with Gasteiger partial charge in [0.15, 0.2) is 0 Å². The number of nitrogens with one attached hydrogen (secondary N) is 1. The molecule has 0 radical (unpaired) electrons. The molecule has 25 heavy (non-hydrogen) atoms. The van der Waals surface area contributed by atoms with E-state index in [1.807, 2.05) is 24.9 Å². The van der Waals surface area contributed by atoms with E-state index in [-0.39, 0.29) is 11.8 Å². The molecule has 0 spiro atoms. The molecular formula is C18H24N6O. The number of hydrogen-bond acceptors (Lipinski definition) is 5. The largest absolute Gasteiger partial charge is 0.350 e. The quantitative estimate of drug-likeness (QED) is 0.883. The van der Waals surface area contributed by atoms with Crippen LogP contribution in [0.15, 0.2) is 18.7 Å². The number of imidazole rings is 1. The molecule has 1 amide bonds. The second kappa shape index (κ2) is 6.55. The maximum atomic E-state index is 12.9. The normalized spacial score (nSPS) is 20.3. The van der Waals surface area contributed by atoms with Gasteiger partial charge in [-0.25, -0.2) is 4.98 Å². The Kier molecular flexibility index (Phi) is 4.25. The Hall–Kier alpha value is -2.28. The van der Waals surface area contributed by atoms with Crippen LogP contribution in [0, 0.1) is 12.8 Å². The van der Waals surface area contributed by atoms with Crippen molar-refractivity contribution in [2.45, 2.75) is 38.8 Å². The topological polar surface area (TPSA) is 75.9 Å². The van der Waals surface area contributed by atoms with E-state index in [1.165, 1.54) is 12.8 Å². The average molecular weight is 340 g/mol. The van der Waals surface area contributed by atoms with E-state index in [0.717, 1.165) is 48.3 Å². The first-order chi connectivity index (χ1) is 12.1. The summed E-state index contributed by atoms with van der Waals surface area (Å²) in [5, 5.41) is 3.03. The van der Waals surface area contributed by atoms with E-state index in [4.69, 9.17) is 0 Å². The van der Waals surface area contributed by atoms with Gasteiger partial charge >= 0.3 is 0 Å². The highest BCUT2D eigenvalue weighted by Gasteiger charge is 2.35. The molecule has 2 aromatic heterocycles. The summed E-state index contributed by atoms with van der Waals surface area (Å²) in [5.41, 5.74) is 3.72. The van der Waals surface area contributed by atoms with Gasteiger partial charge in [0.1, 0.15) is 0 Å². The predicted octanol–water partition coefficient (Wildman–Crippen LogP) is 1.14. The second-order valence-corrected chi connectivity index (χ2v) is 7.24. The molecule has 2 aromatic rings. The van der Waals surface area contributed by atoms with Gasteiger partial charge < -0.3 is 9.88 Å². The highest BCUT2D eigenvalue weighted by Crippen LogP contribution is 2.34. The molecule has 4 rings (SSSR count). The van der Waals surface area contributed by atoms with Gasteiger partial charge in [0, 0.05) is 32.9 Å². The molecule has 7 heteroatoms. The van der Waals surface area contributed by atoms with Gasteiger partial charge in [-0.15, -0.1) is 0 Å². The van der Waals surface area contributed by atoms with Crippen molar-refractivity contribution in [2.24, 2.45) is 13.0 Å². The van der Waals surface area contributed by atoms with Crippen LogP contribution in [0.25, 0.3) is 0 Å². The minimum Gasteiger partial charge on any atom is -0.350 e. The van der Waals surface area contributed by atoms with Gasteiger partial charge in [0.25, 0.3) is 0 Å². The number of carbonyl (C=O) groups is 1. The summed E-state index contributed by atoms with van der Waals surface area (Å²) in [4.78, 5) is 28.3. The van der Waals surface area contributed by atoms with Crippen LogP contribution in [0.2, 0.25) is 0 Å². The number of fused-ring (bicyclic) bond motifs is 1. The smallest absolute Gasteiger partial charge is 0.230 e. The summed E-state index contributed by atoms with van der Waals surface area (Å²) < 4.78 is 1.99. The molecule has 0 unspecified atom stereocenters. The molecule has 1 aliphatic heterocycles. The molecule has 0 bridgehead atoms. The highest BCUT2D eigenvalue weighted by molar-refractivity contribution is 5.84. The zero-order chi connectivity index (χ0) is 17.4. The molecule has 1 saturated carbocycles. The molecule has 132 valence electrons. The number of nitrogens with zero attached hydrogens (tertiary/aromatic N) is 5. The fourth-order valence-corrected chi connectivity index (χ4v) is 3.50. The summed E-state index contributed by atoms with van der Waals surface area (Å²) >= 11 is 0. The Morgan fingerprint density at radius 2 is 2.12 bits per heavy atom. The van der Waals surface area contributed by atoms with Gasteiger partial charge in [-0.1, -0.05) is 0 Å². The number of rotatable bonds is 5. The first-order valence-corrected chi connectivity index (χ1v) is 8.88. The first-order valence-electron chi connectivity index (χ1n) is 8.88. The van der Waals surface area contributed by atoms with Crippen molar-refractivity contribution < 1.29 is 4.79 Å². The fraction of sp³-hybridized carbons (Fsp3) is 0.556. The van der Waals surface area contributed by atoms with E-state index in [9.17, 15) is 4.79 Å². The minimum absolute atomic E-state index is 0.0349. The van der Waals surface area contributed by atoms with Crippen molar-refractivity contribution in [1.29, 1.82) is 0 Å². The summed E-state index contributed by atoms with van der Waals surface area (Å²) in [7, 11) is 1.97. The van der Waals surface area contributed by atoms with Crippen molar-refractivity contribution >= 4 is 5.91 Å². The van der Waals surface area contributed by atoms with Gasteiger partial charge in [-0.2, -0.15) is 0 Å². The maximum absolute atomic E-state index is 12.9. The summed E-state index contributed by atoms with van der Waals surface area (Å²) in [6.45, 7) is 4.98. The average Bonchev–Trinajstić information content (AvgIpc) is 3.34. The van der Waals surface area contributed by atoms with Crippen LogP contribution in [0.4, 0.5) is 0 Å². The summed E-state index contributed by atoms with van der Waals surface area (Å²) in [5.74, 6) is 0.651. The summed E-state index contributed by atoms with van der Waals surface area (Å²) in [6.07, 6.45) is 7.88. The third-order valence-corrected chi connectivity index (χ3v) is 5.01. The van der Waals surface area contributed by atoms with Crippen LogP contribution in [0.5, 0.6) is 0 Å². The maximum Gasteiger partial charge on any atom is 0.230 e. The number of aryl methyl sites for hydroxylation is 2. The van der Waals surface area contributed by atoms with Gasteiger partial charge in [-0.05, 0) is 25.7 Å². The Balaban J connectivity index is 1.47. The SMILES string of the molecule is Cc1cnc(CNC(=O)[C@H]2CN(CC3CC3)Cc3ncn(C)c32)cn1. The molecule has 1 aliphatic carbocycles. The molecule has 1 atom stereocenters. The molecule has 1 fully saturated rings. The highest BCUT2D eigenvalue weighted by atomic mass is 16.1. The van der Waals surface area contributed by atoms with Crippen molar-refractivity contribution in [1.82, 2.24) is 29.7 Å². The van der Waals surface area contributed by atoms with Crippen LogP contribution in [0.1, 0.15) is 41.5 Å². The van der Waals surface area contributed by atoms with Crippen LogP contribution in [0.3, 0.4) is 0 Å². The molecule has 1 N–H and O–H groups in total. The minimum atomic E-state index is -0.187. The lowest BCUT2D eigenvalue weighted by Gasteiger charge is -2.32. The molecule has 7 nitrogen and oxygen atoms in total. The predicted molar refractivity (Wildman–Crippen MR) is 92.6 cm³/mol. The van der Waals surface area contributed by atoms with Crippen LogP contribution in [-0.4, -0.2) is 43.4 Å². The second-order valence-electron chi connectivity index (χ2n) is 7.24. The van der Waals surface area contributed by atoms with Crippen molar-refractivity contribution in [3.05, 3.63) is 41.5 Å². The molecule has 2 aliphatic rings. The third kappa shape index (κ3) is 3.56. The van der Waals surface area contributed by atoms with E-state index in [2.05, 4.69) is 25.2 Å². The van der Waals surface area contributed by atoms with Gasteiger partial charge in [-0.3, -0.25) is 19.7 Å². The zero-order valence-corrected chi connectivity index (χ0v) is 14.8. The Morgan fingerprint density at radius 1 is 1.28 bits per heavy atom. The zero-order valence-electron chi connectivity index (χ0n) is 14.8. The van der Waals surface area contributed by atoms with Crippen LogP contribution < -0.4 is 5.32 Å². The van der Waals surface area contributed by atoms with Crippen molar-refractivity contribution in [3.63, 3.8) is 0 Å². The van der Waals surface area contributed by atoms with E-state index >= 15 is 0 Å². The molecular weight excluding hydrogens is 316 g/mol. The molecule has 0 saturated heterocycles. The van der Waals surface area contributed by atoms with Crippen LogP contribution in [-0.2, 0) is 24.9 Å². The lowest BCUT2D eigenvalue weighted by Crippen LogP contribution is -2.42. The molecule has 0 aromatic carbocycles. The number of amides is 1. The monoisotopic (exact) mass is 340 g/mol. The van der Waals surface area contributed by atoms with Crippen molar-refractivity contribution in [3.8, 4) is 0 Å². The van der Waals surface area contributed by atoms with Crippen molar-refractivity contribution in [2.75, 3.05) is 13.1 Å². The lowest BCUT2D eigenvalue weighted by atomic mass is 9.97. The molecule has 3 heterocycles. The number of carbonyl (C=O) groups excluding carboxylic acids is 1. The van der Waals surface area contributed by atoms with Gasteiger partial charge in [0.2, 0.25) is 5.91 Å². The fourth-order valence-electron chi connectivity index (χ4n) is 3.50. The Morgan fingerprint density at radius 3 is 2.84 bits per heavy atom. The van der Waals surface area contributed by atoms with Crippen LogP contribution >= 0.6 is 0 Å². The van der Waals surface area contributed by atoms with E-state index in [1.54, 1.807) is 12.4 Å². The third-order valence-electron chi connectivity index (χ3n) is 5.01. The van der Waals surface area contributed by atoms with Gasteiger partial charge in [0.05, 0.1) is 47.8 Å². The number of aromatic nitrogens is 4. The summed E-state index contributed by atoms with van der Waals surface area (Å²) in [6, 6.07) is 0. The van der Waals surface area contributed by atoms with E-state index in [0.29, 0.717) is 6.54 Å². The van der Waals surface area contributed by atoms with E-state index < -0.39 is 0 Å². The Bertz CT molecular complexity index is 764.